The summed E-state index contributed by atoms with van der Waals surface area (Å²) in [5.41, 5.74) is 0. The van der Waals surface area contributed by atoms with Gasteiger partial charge in [-0.15, -0.1) is 0 Å². The van der Waals surface area contributed by atoms with Gasteiger partial charge in [0.15, 0.2) is 0 Å². The molecule has 0 amide bonds. The minimum atomic E-state index is 0.810. The highest BCUT2D eigenvalue weighted by Gasteiger charge is 2.10. The third kappa shape index (κ3) is 2.35. The predicted octanol–water partition coefficient (Wildman–Crippen LogP) is 0.881. The van der Waals surface area contributed by atoms with Crippen LogP contribution >= 0.6 is 0 Å². The predicted molar refractivity (Wildman–Crippen MR) is 45.7 cm³/mol. The smallest absolute Gasteiger partial charge is 0.101 e. The van der Waals surface area contributed by atoms with Gasteiger partial charge in [0.05, 0.1) is 13.2 Å². The largest absolute Gasteiger partial charge is 0.378 e. The Balaban J connectivity index is 2.44. The van der Waals surface area contributed by atoms with Crippen LogP contribution in [-0.2, 0) is 4.74 Å². The van der Waals surface area contributed by atoms with Gasteiger partial charge in [0, 0.05) is 19.3 Å². The molecule has 0 aromatic rings. The average molecular weight is 154 g/mol. The monoisotopic (exact) mass is 154 g/mol. The number of amidine groups is 1. The zero-order chi connectivity index (χ0) is 8.10. The molecule has 1 aliphatic heterocycles. The highest BCUT2D eigenvalue weighted by Crippen LogP contribution is 1.98. The van der Waals surface area contributed by atoms with E-state index in [1.54, 1.807) is 6.20 Å². The standard InChI is InChI=1S/C8H14N2O/c1-3-9-8(2)10-4-6-11-7-5-10/h3H,1,4-7H2,2H3. The van der Waals surface area contributed by atoms with Crippen molar-refractivity contribution < 1.29 is 4.74 Å². The van der Waals surface area contributed by atoms with Crippen molar-refractivity contribution in [1.82, 2.24) is 4.90 Å². The van der Waals surface area contributed by atoms with Gasteiger partial charge in [-0.1, -0.05) is 6.58 Å². The number of aliphatic imine (C=N–C) groups is 1. The lowest BCUT2D eigenvalue weighted by Crippen LogP contribution is -2.39. The topological polar surface area (TPSA) is 24.8 Å². The highest BCUT2D eigenvalue weighted by molar-refractivity contribution is 5.80. The molecule has 0 aliphatic carbocycles. The molecule has 0 bridgehead atoms. The van der Waals surface area contributed by atoms with Crippen LogP contribution < -0.4 is 0 Å². The molecule has 0 atom stereocenters. The van der Waals surface area contributed by atoms with Crippen LogP contribution in [-0.4, -0.2) is 37.0 Å². The van der Waals surface area contributed by atoms with Crippen molar-refractivity contribution in [1.29, 1.82) is 0 Å². The minimum Gasteiger partial charge on any atom is -0.378 e. The second-order valence-electron chi connectivity index (χ2n) is 2.46. The first-order valence-electron chi connectivity index (χ1n) is 3.82. The van der Waals surface area contributed by atoms with Crippen molar-refractivity contribution in [3.63, 3.8) is 0 Å². The summed E-state index contributed by atoms with van der Waals surface area (Å²) in [6.45, 7) is 9.06. The van der Waals surface area contributed by atoms with Gasteiger partial charge in [-0.05, 0) is 6.92 Å². The fourth-order valence-corrected chi connectivity index (χ4v) is 1.10. The van der Waals surface area contributed by atoms with Crippen LogP contribution in [0, 0.1) is 0 Å². The van der Waals surface area contributed by atoms with Gasteiger partial charge in [0.25, 0.3) is 0 Å². The number of morpholine rings is 1. The van der Waals surface area contributed by atoms with E-state index >= 15 is 0 Å². The summed E-state index contributed by atoms with van der Waals surface area (Å²) in [6.07, 6.45) is 1.57. The first-order valence-corrected chi connectivity index (χ1v) is 3.82. The molecule has 62 valence electrons. The lowest BCUT2D eigenvalue weighted by Gasteiger charge is -2.27. The first-order chi connectivity index (χ1) is 5.34. The minimum absolute atomic E-state index is 0.810. The molecule has 0 spiro atoms. The second kappa shape index (κ2) is 4.13. The zero-order valence-corrected chi connectivity index (χ0v) is 6.92. The lowest BCUT2D eigenvalue weighted by molar-refractivity contribution is 0.0678. The number of hydrogen-bond acceptors (Lipinski definition) is 2. The van der Waals surface area contributed by atoms with Crippen LogP contribution in [0.2, 0.25) is 0 Å². The summed E-state index contributed by atoms with van der Waals surface area (Å²) in [7, 11) is 0. The van der Waals surface area contributed by atoms with Crippen LogP contribution in [0.25, 0.3) is 0 Å². The molecule has 11 heavy (non-hydrogen) atoms. The highest BCUT2D eigenvalue weighted by atomic mass is 16.5. The van der Waals surface area contributed by atoms with Crippen molar-refractivity contribution in [2.45, 2.75) is 6.92 Å². The van der Waals surface area contributed by atoms with E-state index in [0.717, 1.165) is 32.1 Å². The van der Waals surface area contributed by atoms with E-state index in [1.165, 1.54) is 0 Å². The van der Waals surface area contributed by atoms with Gasteiger partial charge < -0.3 is 9.64 Å². The molecule has 1 fully saturated rings. The van der Waals surface area contributed by atoms with Crippen LogP contribution in [0.1, 0.15) is 6.92 Å². The summed E-state index contributed by atoms with van der Waals surface area (Å²) < 4.78 is 5.21. The first kappa shape index (κ1) is 8.27. The van der Waals surface area contributed by atoms with E-state index in [9.17, 15) is 0 Å². The quantitative estimate of drug-likeness (QED) is 0.414. The molecule has 0 aromatic heterocycles. The Hall–Kier alpha value is -0.830. The molecular formula is C8H14N2O. The summed E-state index contributed by atoms with van der Waals surface area (Å²) >= 11 is 0. The SMILES string of the molecule is C=CN=C(C)N1CCOCC1. The summed E-state index contributed by atoms with van der Waals surface area (Å²) in [5, 5.41) is 0. The van der Waals surface area contributed by atoms with Gasteiger partial charge in [0.1, 0.15) is 5.84 Å². The Kier molecular flexibility index (Phi) is 3.11. The molecule has 0 aromatic carbocycles. The van der Waals surface area contributed by atoms with Crippen LogP contribution in [0.5, 0.6) is 0 Å². The van der Waals surface area contributed by atoms with Gasteiger partial charge in [-0.2, -0.15) is 0 Å². The second-order valence-corrected chi connectivity index (χ2v) is 2.46. The summed E-state index contributed by atoms with van der Waals surface area (Å²) in [4.78, 5) is 6.30. The van der Waals surface area contributed by atoms with Crippen molar-refractivity contribution in [3.8, 4) is 0 Å². The number of nitrogens with zero attached hydrogens (tertiary/aromatic N) is 2. The molecule has 1 heterocycles. The maximum atomic E-state index is 5.21. The Morgan fingerprint density at radius 3 is 2.73 bits per heavy atom. The number of hydrogen-bond donors (Lipinski definition) is 0. The molecule has 3 nitrogen and oxygen atoms in total. The van der Waals surface area contributed by atoms with E-state index in [2.05, 4.69) is 16.5 Å². The Bertz CT molecular complexity index is 159. The number of ether oxygens (including phenoxy) is 1. The van der Waals surface area contributed by atoms with Crippen LogP contribution in [0.15, 0.2) is 17.8 Å². The Morgan fingerprint density at radius 1 is 1.55 bits per heavy atom. The molecule has 1 saturated heterocycles. The molecule has 0 N–H and O–H groups in total. The van der Waals surface area contributed by atoms with Gasteiger partial charge in [-0.25, -0.2) is 4.99 Å². The average Bonchev–Trinajstić information content (AvgIpc) is 2.07. The van der Waals surface area contributed by atoms with Crippen LogP contribution in [0.3, 0.4) is 0 Å². The number of rotatable bonds is 1. The summed E-state index contributed by atoms with van der Waals surface area (Å²) in [5.74, 6) is 1.03. The lowest BCUT2D eigenvalue weighted by atomic mass is 10.4. The van der Waals surface area contributed by atoms with Crippen LogP contribution in [0.4, 0.5) is 0 Å². The fourth-order valence-electron chi connectivity index (χ4n) is 1.10. The summed E-state index contributed by atoms with van der Waals surface area (Å²) in [6, 6.07) is 0. The maximum absolute atomic E-state index is 5.21. The fraction of sp³-hybridized carbons (Fsp3) is 0.625. The maximum Gasteiger partial charge on any atom is 0.101 e. The third-order valence-electron chi connectivity index (χ3n) is 1.75. The molecule has 1 rings (SSSR count). The van der Waals surface area contributed by atoms with Crippen molar-refractivity contribution in [2.75, 3.05) is 26.3 Å². The third-order valence-corrected chi connectivity index (χ3v) is 1.75. The van der Waals surface area contributed by atoms with Gasteiger partial charge >= 0.3 is 0 Å². The van der Waals surface area contributed by atoms with E-state index in [1.807, 2.05) is 6.92 Å². The van der Waals surface area contributed by atoms with Crippen molar-refractivity contribution >= 4 is 5.84 Å². The van der Waals surface area contributed by atoms with Crippen molar-refractivity contribution in [2.24, 2.45) is 4.99 Å². The molecule has 0 unspecified atom stereocenters. The van der Waals surface area contributed by atoms with Crippen molar-refractivity contribution in [3.05, 3.63) is 12.8 Å². The van der Waals surface area contributed by atoms with E-state index in [4.69, 9.17) is 4.74 Å². The molecular weight excluding hydrogens is 140 g/mol. The molecule has 0 saturated carbocycles. The van der Waals surface area contributed by atoms with E-state index < -0.39 is 0 Å². The van der Waals surface area contributed by atoms with E-state index in [0.29, 0.717) is 0 Å². The normalized spacial score (nSPS) is 20.1. The molecule has 3 heteroatoms. The molecule has 1 aliphatic rings. The Morgan fingerprint density at radius 2 is 2.18 bits per heavy atom. The van der Waals surface area contributed by atoms with E-state index in [-0.39, 0.29) is 0 Å². The van der Waals surface area contributed by atoms with Gasteiger partial charge in [-0.3, -0.25) is 0 Å². The Labute approximate surface area is 67.4 Å². The molecule has 0 radical (unpaired) electrons. The van der Waals surface area contributed by atoms with Gasteiger partial charge in [0.2, 0.25) is 0 Å². The zero-order valence-electron chi connectivity index (χ0n) is 6.92.